The van der Waals surface area contributed by atoms with Crippen LogP contribution in [0.15, 0.2) is 26.0 Å². The van der Waals surface area contributed by atoms with E-state index in [-0.39, 0.29) is 34.5 Å². The SMILES string of the molecule is Nc1c(Br)cc(S(=O)(=O)O)cc1Br.[NaH]. The molecule has 0 unspecified atom stereocenters. The van der Waals surface area contributed by atoms with Gasteiger partial charge in [0.25, 0.3) is 10.1 Å². The first kappa shape index (κ1) is 14.9. The first-order valence-electron chi connectivity index (χ1n) is 3.04. The molecule has 0 radical (unpaired) electrons. The summed E-state index contributed by atoms with van der Waals surface area (Å²) in [6.07, 6.45) is 0. The summed E-state index contributed by atoms with van der Waals surface area (Å²) in [5, 5.41) is 0. The van der Waals surface area contributed by atoms with Gasteiger partial charge < -0.3 is 5.73 Å². The molecule has 8 heteroatoms. The van der Waals surface area contributed by atoms with E-state index < -0.39 is 10.1 Å². The molecule has 0 heterocycles. The Morgan fingerprint density at radius 3 is 1.86 bits per heavy atom. The first-order chi connectivity index (χ1) is 5.82. The van der Waals surface area contributed by atoms with Crippen LogP contribution in [0.3, 0.4) is 0 Å². The summed E-state index contributed by atoms with van der Waals surface area (Å²) in [5.41, 5.74) is 5.91. The van der Waals surface area contributed by atoms with Crippen molar-refractivity contribution in [2.24, 2.45) is 0 Å². The van der Waals surface area contributed by atoms with Crippen LogP contribution in [0, 0.1) is 0 Å². The number of hydrogen-bond acceptors (Lipinski definition) is 3. The van der Waals surface area contributed by atoms with Crippen LogP contribution in [0.2, 0.25) is 0 Å². The number of rotatable bonds is 1. The van der Waals surface area contributed by atoms with Crippen molar-refractivity contribution in [2.75, 3.05) is 5.73 Å². The van der Waals surface area contributed by atoms with Gasteiger partial charge in [-0.15, -0.1) is 0 Å². The molecule has 1 aromatic rings. The molecule has 4 nitrogen and oxygen atoms in total. The molecule has 0 saturated carbocycles. The zero-order valence-corrected chi connectivity index (χ0v) is 10.1. The molecule has 0 saturated heterocycles. The fraction of sp³-hybridized carbons (Fsp3) is 0. The van der Waals surface area contributed by atoms with Gasteiger partial charge in [0.2, 0.25) is 0 Å². The molecule has 0 spiro atoms. The van der Waals surface area contributed by atoms with Gasteiger partial charge >= 0.3 is 29.6 Å². The van der Waals surface area contributed by atoms with E-state index in [4.69, 9.17) is 10.3 Å². The van der Waals surface area contributed by atoms with Gasteiger partial charge in [-0.25, -0.2) is 0 Å². The van der Waals surface area contributed by atoms with E-state index in [2.05, 4.69) is 31.9 Å². The third-order valence-corrected chi connectivity index (χ3v) is 3.49. The third kappa shape index (κ3) is 3.48. The minimum atomic E-state index is -4.18. The topological polar surface area (TPSA) is 80.4 Å². The molecular formula is C6H6Br2NNaO3S. The molecule has 74 valence electrons. The Labute approximate surface area is 121 Å². The van der Waals surface area contributed by atoms with Gasteiger partial charge in [-0.2, -0.15) is 8.42 Å². The molecule has 14 heavy (non-hydrogen) atoms. The van der Waals surface area contributed by atoms with Gasteiger partial charge in [0.05, 0.1) is 10.6 Å². The number of nitrogen functional groups attached to an aromatic ring is 1. The molecule has 1 rings (SSSR count). The summed E-state index contributed by atoms with van der Waals surface area (Å²) in [6.45, 7) is 0. The minimum absolute atomic E-state index is 0. The Bertz CT molecular complexity index is 425. The van der Waals surface area contributed by atoms with E-state index in [0.29, 0.717) is 14.6 Å². The average Bonchev–Trinajstić information content (AvgIpc) is 1.97. The molecule has 1 aromatic carbocycles. The van der Waals surface area contributed by atoms with Gasteiger partial charge in [0, 0.05) is 8.95 Å². The zero-order chi connectivity index (χ0) is 10.2. The van der Waals surface area contributed by atoms with E-state index in [1.54, 1.807) is 0 Å². The molecule has 0 aromatic heterocycles. The summed E-state index contributed by atoms with van der Waals surface area (Å²) >= 11 is 6.12. The van der Waals surface area contributed by atoms with Crippen molar-refractivity contribution in [3.8, 4) is 0 Å². The van der Waals surface area contributed by atoms with Crippen molar-refractivity contribution in [3.63, 3.8) is 0 Å². The van der Waals surface area contributed by atoms with Crippen molar-refractivity contribution in [2.45, 2.75) is 4.90 Å². The Hall–Kier alpha value is 0.890. The van der Waals surface area contributed by atoms with Crippen LogP contribution in [0.25, 0.3) is 0 Å². The monoisotopic (exact) mass is 353 g/mol. The summed E-state index contributed by atoms with van der Waals surface area (Å²) in [6, 6.07) is 2.46. The second-order valence-electron chi connectivity index (χ2n) is 2.28. The van der Waals surface area contributed by atoms with E-state index in [9.17, 15) is 8.42 Å². The maximum absolute atomic E-state index is 10.7. The van der Waals surface area contributed by atoms with Crippen molar-refractivity contribution < 1.29 is 13.0 Å². The maximum atomic E-state index is 10.7. The van der Waals surface area contributed by atoms with Crippen LogP contribution >= 0.6 is 31.9 Å². The van der Waals surface area contributed by atoms with Crippen molar-refractivity contribution in [1.82, 2.24) is 0 Å². The molecule has 3 N–H and O–H groups in total. The van der Waals surface area contributed by atoms with Crippen LogP contribution in [0.5, 0.6) is 0 Å². The fourth-order valence-electron chi connectivity index (χ4n) is 0.710. The first-order valence-corrected chi connectivity index (χ1v) is 6.07. The molecule has 0 aliphatic rings. The Kier molecular flexibility index (Phi) is 5.62. The molecule has 0 bridgehead atoms. The van der Waals surface area contributed by atoms with Gasteiger partial charge in [-0.05, 0) is 44.0 Å². The van der Waals surface area contributed by atoms with Crippen LogP contribution < -0.4 is 5.73 Å². The third-order valence-electron chi connectivity index (χ3n) is 1.35. The van der Waals surface area contributed by atoms with Crippen LogP contribution in [0.1, 0.15) is 0 Å². The van der Waals surface area contributed by atoms with Crippen molar-refractivity contribution in [1.29, 1.82) is 0 Å². The molecule has 0 fully saturated rings. The molecular weight excluding hydrogens is 349 g/mol. The molecule has 0 atom stereocenters. The van der Waals surface area contributed by atoms with E-state index >= 15 is 0 Å². The van der Waals surface area contributed by atoms with Gasteiger partial charge in [-0.1, -0.05) is 0 Å². The molecule has 0 aliphatic carbocycles. The van der Waals surface area contributed by atoms with Crippen molar-refractivity contribution >= 4 is 77.2 Å². The Morgan fingerprint density at radius 2 is 1.57 bits per heavy atom. The fourth-order valence-corrected chi connectivity index (χ4v) is 2.73. The van der Waals surface area contributed by atoms with E-state index in [1.165, 1.54) is 12.1 Å². The average molecular weight is 355 g/mol. The predicted octanol–water partition coefficient (Wildman–Crippen LogP) is 1.39. The predicted molar refractivity (Wildman–Crippen MR) is 63.2 cm³/mol. The summed E-state index contributed by atoms with van der Waals surface area (Å²) in [4.78, 5) is -0.208. The number of anilines is 1. The second-order valence-corrected chi connectivity index (χ2v) is 5.41. The summed E-state index contributed by atoms with van der Waals surface area (Å²) in [5.74, 6) is 0. The normalized spacial score (nSPS) is 10.8. The van der Waals surface area contributed by atoms with Gasteiger partial charge in [0.15, 0.2) is 0 Å². The number of benzene rings is 1. The van der Waals surface area contributed by atoms with Crippen LogP contribution in [-0.4, -0.2) is 42.5 Å². The number of nitrogens with two attached hydrogens (primary N) is 1. The van der Waals surface area contributed by atoms with Gasteiger partial charge in [-0.3, -0.25) is 4.55 Å². The number of hydrogen-bond donors (Lipinski definition) is 2. The summed E-state index contributed by atoms with van der Waals surface area (Å²) in [7, 11) is -4.18. The van der Waals surface area contributed by atoms with Gasteiger partial charge in [0.1, 0.15) is 0 Å². The quantitative estimate of drug-likeness (QED) is 0.453. The Morgan fingerprint density at radius 1 is 1.21 bits per heavy atom. The standard InChI is InChI=1S/C6H5Br2NO3S.Na.H/c7-4-1-3(13(10,11)12)2-5(8)6(4)9;;/h1-2H,9H2,(H,10,11,12);;. The van der Waals surface area contributed by atoms with Crippen molar-refractivity contribution in [3.05, 3.63) is 21.1 Å². The zero-order valence-electron chi connectivity index (χ0n) is 6.16. The Balaban J connectivity index is 0.00000169. The van der Waals surface area contributed by atoms with E-state index in [1.807, 2.05) is 0 Å². The number of halogens is 2. The van der Waals surface area contributed by atoms with Crippen LogP contribution in [-0.2, 0) is 10.1 Å². The van der Waals surface area contributed by atoms with Crippen LogP contribution in [0.4, 0.5) is 5.69 Å². The van der Waals surface area contributed by atoms with E-state index in [0.717, 1.165) is 0 Å². The molecule has 0 aliphatic heterocycles. The summed E-state index contributed by atoms with van der Waals surface area (Å²) < 4.78 is 31.0. The molecule has 0 amide bonds. The second kappa shape index (κ2) is 5.29.